The highest BCUT2D eigenvalue weighted by atomic mass is 19.1. The second-order valence-corrected chi connectivity index (χ2v) is 4.61. The van der Waals surface area contributed by atoms with Crippen LogP contribution in [0.5, 0.6) is 0 Å². The minimum absolute atomic E-state index is 0.437. The molecule has 0 saturated carbocycles. The van der Waals surface area contributed by atoms with E-state index in [9.17, 15) is 9.50 Å². The standard InChI is InChI=1S/C13H16FN3O/c1-13(18,10-7-11(14)9-15-8-10)5-3-12-4-6-16-17(12)2/h4,6-9,18H,3,5H2,1-2H3. The fraction of sp³-hybridized carbons (Fsp3) is 0.385. The Balaban J connectivity index is 2.10. The third kappa shape index (κ3) is 2.73. The number of nitrogens with zero attached hydrogens (tertiary/aromatic N) is 3. The van der Waals surface area contributed by atoms with Gasteiger partial charge in [0.2, 0.25) is 0 Å². The molecule has 0 aliphatic rings. The molecule has 2 aromatic heterocycles. The summed E-state index contributed by atoms with van der Waals surface area (Å²) < 4.78 is 14.9. The molecule has 4 nitrogen and oxygen atoms in total. The first-order valence-electron chi connectivity index (χ1n) is 5.79. The van der Waals surface area contributed by atoms with Crippen molar-refractivity contribution in [3.05, 3.63) is 47.8 Å². The maximum Gasteiger partial charge on any atom is 0.141 e. The predicted octanol–water partition coefficient (Wildman–Crippen LogP) is 1.79. The lowest BCUT2D eigenvalue weighted by atomic mass is 9.91. The summed E-state index contributed by atoms with van der Waals surface area (Å²) >= 11 is 0. The maximum absolute atomic E-state index is 13.1. The number of aryl methyl sites for hydroxylation is 2. The molecule has 0 radical (unpaired) electrons. The van der Waals surface area contributed by atoms with Crippen molar-refractivity contribution in [2.24, 2.45) is 7.05 Å². The molecule has 0 aromatic carbocycles. The van der Waals surface area contributed by atoms with E-state index in [4.69, 9.17) is 0 Å². The monoisotopic (exact) mass is 249 g/mol. The number of rotatable bonds is 4. The lowest BCUT2D eigenvalue weighted by molar-refractivity contribution is 0.0469. The molecular formula is C13H16FN3O. The number of halogens is 1. The first-order valence-corrected chi connectivity index (χ1v) is 5.79. The molecule has 1 atom stereocenters. The highest BCUT2D eigenvalue weighted by Gasteiger charge is 2.24. The van der Waals surface area contributed by atoms with E-state index in [0.717, 1.165) is 11.9 Å². The van der Waals surface area contributed by atoms with Crippen LogP contribution < -0.4 is 0 Å². The first kappa shape index (κ1) is 12.7. The van der Waals surface area contributed by atoms with Gasteiger partial charge in [-0.1, -0.05) is 0 Å². The Hall–Kier alpha value is -1.75. The first-order chi connectivity index (χ1) is 8.49. The van der Waals surface area contributed by atoms with E-state index in [1.165, 1.54) is 12.3 Å². The molecule has 96 valence electrons. The Morgan fingerprint density at radius 2 is 2.22 bits per heavy atom. The molecule has 0 aliphatic carbocycles. The molecule has 0 aliphatic heterocycles. The SMILES string of the molecule is Cn1nccc1CCC(C)(O)c1cncc(F)c1. The van der Waals surface area contributed by atoms with E-state index >= 15 is 0 Å². The van der Waals surface area contributed by atoms with Crippen molar-refractivity contribution in [1.82, 2.24) is 14.8 Å². The van der Waals surface area contributed by atoms with Crippen molar-refractivity contribution in [2.45, 2.75) is 25.4 Å². The van der Waals surface area contributed by atoms with Gasteiger partial charge in [0.25, 0.3) is 0 Å². The van der Waals surface area contributed by atoms with Gasteiger partial charge in [0.05, 0.1) is 11.8 Å². The normalized spacial score (nSPS) is 14.4. The molecule has 0 fully saturated rings. The second-order valence-electron chi connectivity index (χ2n) is 4.61. The summed E-state index contributed by atoms with van der Waals surface area (Å²) in [5.74, 6) is -0.437. The van der Waals surface area contributed by atoms with Gasteiger partial charge in [-0.15, -0.1) is 0 Å². The van der Waals surface area contributed by atoms with Crippen molar-refractivity contribution < 1.29 is 9.50 Å². The molecule has 5 heteroatoms. The van der Waals surface area contributed by atoms with E-state index in [-0.39, 0.29) is 0 Å². The Bertz CT molecular complexity index is 537. The minimum Gasteiger partial charge on any atom is -0.385 e. The number of hydrogen-bond donors (Lipinski definition) is 1. The summed E-state index contributed by atoms with van der Waals surface area (Å²) in [6.07, 6.45) is 5.48. The van der Waals surface area contributed by atoms with Gasteiger partial charge in [-0.05, 0) is 31.9 Å². The summed E-state index contributed by atoms with van der Waals surface area (Å²) in [6.45, 7) is 1.67. The van der Waals surface area contributed by atoms with Crippen LogP contribution in [0.1, 0.15) is 24.6 Å². The van der Waals surface area contributed by atoms with Crippen LogP contribution >= 0.6 is 0 Å². The molecule has 1 N–H and O–H groups in total. The molecule has 18 heavy (non-hydrogen) atoms. The van der Waals surface area contributed by atoms with Crippen LogP contribution in [0.25, 0.3) is 0 Å². The fourth-order valence-electron chi connectivity index (χ4n) is 1.87. The van der Waals surface area contributed by atoms with Crippen LogP contribution in [0.3, 0.4) is 0 Å². The van der Waals surface area contributed by atoms with Crippen LogP contribution in [-0.2, 0) is 19.1 Å². The Labute approximate surface area is 105 Å². The lowest BCUT2D eigenvalue weighted by Crippen LogP contribution is -2.23. The number of aliphatic hydroxyl groups is 1. The summed E-state index contributed by atoms with van der Waals surface area (Å²) in [4.78, 5) is 3.76. The topological polar surface area (TPSA) is 50.9 Å². The summed E-state index contributed by atoms with van der Waals surface area (Å²) in [6, 6.07) is 3.22. The zero-order chi connectivity index (χ0) is 13.2. The predicted molar refractivity (Wildman–Crippen MR) is 65.3 cm³/mol. The van der Waals surface area contributed by atoms with Crippen molar-refractivity contribution in [3.8, 4) is 0 Å². The van der Waals surface area contributed by atoms with Gasteiger partial charge >= 0.3 is 0 Å². The molecule has 1 unspecified atom stereocenters. The fourth-order valence-corrected chi connectivity index (χ4v) is 1.87. The van der Waals surface area contributed by atoms with Crippen molar-refractivity contribution in [2.75, 3.05) is 0 Å². The molecule has 2 rings (SSSR count). The summed E-state index contributed by atoms with van der Waals surface area (Å²) in [7, 11) is 1.85. The van der Waals surface area contributed by atoms with Crippen LogP contribution in [0.4, 0.5) is 4.39 Å². The average molecular weight is 249 g/mol. The van der Waals surface area contributed by atoms with Crippen LogP contribution in [0, 0.1) is 5.82 Å². The molecule has 0 bridgehead atoms. The van der Waals surface area contributed by atoms with Gasteiger partial charge in [-0.3, -0.25) is 9.67 Å². The maximum atomic E-state index is 13.1. The molecule has 0 spiro atoms. The van der Waals surface area contributed by atoms with Crippen molar-refractivity contribution in [1.29, 1.82) is 0 Å². The lowest BCUT2D eigenvalue weighted by Gasteiger charge is -2.23. The Morgan fingerprint density at radius 1 is 1.44 bits per heavy atom. The Kier molecular flexibility index (Phi) is 3.43. The quantitative estimate of drug-likeness (QED) is 0.898. The third-order valence-corrected chi connectivity index (χ3v) is 3.12. The molecule has 0 saturated heterocycles. The van der Waals surface area contributed by atoms with E-state index in [1.807, 2.05) is 13.1 Å². The van der Waals surface area contributed by atoms with Gasteiger partial charge in [0.1, 0.15) is 5.82 Å². The van der Waals surface area contributed by atoms with Gasteiger partial charge in [0, 0.05) is 30.7 Å². The molecular weight excluding hydrogens is 233 g/mol. The van der Waals surface area contributed by atoms with Gasteiger partial charge in [-0.2, -0.15) is 5.10 Å². The van der Waals surface area contributed by atoms with Crippen LogP contribution in [0.2, 0.25) is 0 Å². The van der Waals surface area contributed by atoms with Crippen LogP contribution in [-0.4, -0.2) is 19.9 Å². The van der Waals surface area contributed by atoms with Gasteiger partial charge in [0.15, 0.2) is 0 Å². The third-order valence-electron chi connectivity index (χ3n) is 3.12. The van der Waals surface area contributed by atoms with Crippen molar-refractivity contribution in [3.63, 3.8) is 0 Å². The van der Waals surface area contributed by atoms with E-state index in [0.29, 0.717) is 18.4 Å². The van der Waals surface area contributed by atoms with Gasteiger partial charge < -0.3 is 5.11 Å². The van der Waals surface area contributed by atoms with Gasteiger partial charge in [-0.25, -0.2) is 4.39 Å². The highest BCUT2D eigenvalue weighted by Crippen LogP contribution is 2.25. The van der Waals surface area contributed by atoms with Crippen molar-refractivity contribution >= 4 is 0 Å². The summed E-state index contributed by atoms with van der Waals surface area (Å²) in [5.41, 5.74) is 0.420. The number of hydrogen-bond acceptors (Lipinski definition) is 3. The zero-order valence-electron chi connectivity index (χ0n) is 10.5. The Morgan fingerprint density at radius 3 is 2.83 bits per heavy atom. The molecule has 0 amide bonds. The largest absolute Gasteiger partial charge is 0.385 e. The highest BCUT2D eigenvalue weighted by molar-refractivity contribution is 5.18. The minimum atomic E-state index is -1.10. The van der Waals surface area contributed by atoms with E-state index in [1.54, 1.807) is 17.8 Å². The van der Waals surface area contributed by atoms with E-state index in [2.05, 4.69) is 10.1 Å². The second kappa shape index (κ2) is 4.86. The van der Waals surface area contributed by atoms with E-state index < -0.39 is 11.4 Å². The molecule has 2 aromatic rings. The number of pyridine rings is 1. The number of aromatic nitrogens is 3. The molecule has 2 heterocycles. The zero-order valence-corrected chi connectivity index (χ0v) is 10.5. The van der Waals surface area contributed by atoms with Crippen LogP contribution in [0.15, 0.2) is 30.7 Å². The smallest absolute Gasteiger partial charge is 0.141 e. The average Bonchev–Trinajstić information content (AvgIpc) is 2.72. The summed E-state index contributed by atoms with van der Waals surface area (Å²) in [5, 5.41) is 14.4.